The van der Waals surface area contributed by atoms with Gasteiger partial charge < -0.3 is 5.32 Å². The highest BCUT2D eigenvalue weighted by Crippen LogP contribution is 2.36. The van der Waals surface area contributed by atoms with E-state index in [1.165, 1.54) is 30.7 Å². The Bertz CT molecular complexity index is 312. The van der Waals surface area contributed by atoms with Gasteiger partial charge in [0.1, 0.15) is 0 Å². The quantitative estimate of drug-likeness (QED) is 0.894. The standard InChI is InChI=1S/C13H23N3S/c1-3-16-7-5-4-6-11(8-14-2)13(16)12-9-15-10-17-12/h9-11,13-14H,3-8H2,1-2H3. The third kappa shape index (κ3) is 3.06. The summed E-state index contributed by atoms with van der Waals surface area (Å²) in [5.41, 5.74) is 1.96. The lowest BCUT2D eigenvalue weighted by Gasteiger charge is -2.33. The lowest BCUT2D eigenvalue weighted by molar-refractivity contribution is 0.165. The molecule has 2 rings (SSSR count). The van der Waals surface area contributed by atoms with Crippen molar-refractivity contribution in [1.29, 1.82) is 0 Å². The summed E-state index contributed by atoms with van der Waals surface area (Å²) in [7, 11) is 2.06. The molecule has 3 nitrogen and oxygen atoms in total. The molecule has 1 aromatic rings. The minimum atomic E-state index is 0.572. The first kappa shape index (κ1) is 13.0. The monoisotopic (exact) mass is 253 g/mol. The summed E-state index contributed by atoms with van der Waals surface area (Å²) in [6.07, 6.45) is 6.09. The minimum absolute atomic E-state index is 0.572. The first-order chi connectivity index (χ1) is 8.36. The highest BCUT2D eigenvalue weighted by molar-refractivity contribution is 7.09. The van der Waals surface area contributed by atoms with Crippen molar-refractivity contribution in [2.24, 2.45) is 5.92 Å². The van der Waals surface area contributed by atoms with E-state index in [1.54, 1.807) is 11.3 Å². The molecule has 2 atom stereocenters. The number of rotatable bonds is 4. The molecule has 0 spiro atoms. The van der Waals surface area contributed by atoms with Crippen LogP contribution in [0.2, 0.25) is 0 Å². The zero-order valence-corrected chi connectivity index (χ0v) is 11.7. The van der Waals surface area contributed by atoms with Crippen molar-refractivity contribution in [1.82, 2.24) is 15.2 Å². The van der Waals surface area contributed by atoms with Crippen molar-refractivity contribution in [3.05, 3.63) is 16.6 Å². The Balaban J connectivity index is 2.22. The summed E-state index contributed by atoms with van der Waals surface area (Å²) in [6, 6.07) is 0.572. The Morgan fingerprint density at radius 1 is 1.53 bits per heavy atom. The molecule has 0 saturated carbocycles. The van der Waals surface area contributed by atoms with Gasteiger partial charge in [0, 0.05) is 17.1 Å². The minimum Gasteiger partial charge on any atom is -0.319 e. The molecule has 0 bridgehead atoms. The molecule has 1 fully saturated rings. The van der Waals surface area contributed by atoms with E-state index >= 15 is 0 Å². The van der Waals surface area contributed by atoms with Crippen LogP contribution in [0.3, 0.4) is 0 Å². The maximum atomic E-state index is 4.26. The zero-order chi connectivity index (χ0) is 12.1. The molecule has 96 valence electrons. The van der Waals surface area contributed by atoms with Crippen LogP contribution in [-0.2, 0) is 0 Å². The molecule has 0 aliphatic carbocycles. The largest absolute Gasteiger partial charge is 0.319 e. The number of likely N-dealkylation sites (tertiary alicyclic amines) is 1. The van der Waals surface area contributed by atoms with Crippen LogP contribution >= 0.6 is 11.3 Å². The smallest absolute Gasteiger partial charge is 0.0794 e. The normalized spacial score (nSPS) is 26.9. The van der Waals surface area contributed by atoms with Gasteiger partial charge >= 0.3 is 0 Å². The van der Waals surface area contributed by atoms with Crippen LogP contribution in [0.4, 0.5) is 0 Å². The van der Waals surface area contributed by atoms with E-state index in [0.717, 1.165) is 19.0 Å². The van der Waals surface area contributed by atoms with Gasteiger partial charge in [-0.2, -0.15) is 0 Å². The van der Waals surface area contributed by atoms with Crippen molar-refractivity contribution in [3.63, 3.8) is 0 Å². The van der Waals surface area contributed by atoms with Crippen molar-refractivity contribution < 1.29 is 0 Å². The van der Waals surface area contributed by atoms with Crippen LogP contribution in [0, 0.1) is 5.92 Å². The van der Waals surface area contributed by atoms with Gasteiger partial charge in [-0.1, -0.05) is 13.3 Å². The highest BCUT2D eigenvalue weighted by Gasteiger charge is 2.30. The fourth-order valence-electron chi connectivity index (χ4n) is 2.93. The second kappa shape index (κ2) is 6.47. The lowest BCUT2D eigenvalue weighted by atomic mass is 9.93. The fraction of sp³-hybridized carbons (Fsp3) is 0.769. The molecule has 1 aliphatic heterocycles. The topological polar surface area (TPSA) is 28.2 Å². The van der Waals surface area contributed by atoms with E-state index in [1.807, 2.05) is 5.51 Å². The average Bonchev–Trinajstić information content (AvgIpc) is 2.78. The second-order valence-corrected chi connectivity index (χ2v) is 5.71. The van der Waals surface area contributed by atoms with Crippen LogP contribution in [0.1, 0.15) is 37.1 Å². The van der Waals surface area contributed by atoms with Crippen LogP contribution in [0.15, 0.2) is 11.7 Å². The van der Waals surface area contributed by atoms with Crippen molar-refractivity contribution in [2.45, 2.75) is 32.2 Å². The van der Waals surface area contributed by atoms with Gasteiger partial charge in [-0.05, 0) is 45.4 Å². The SMILES string of the molecule is CCN1CCCCC(CNC)C1c1cncs1. The number of hydrogen-bond donors (Lipinski definition) is 1. The summed E-state index contributed by atoms with van der Waals surface area (Å²) in [5, 5.41) is 3.36. The molecule has 0 aromatic carbocycles. The van der Waals surface area contributed by atoms with E-state index in [2.05, 4.69) is 35.4 Å². The molecule has 1 aliphatic rings. The number of nitrogens with one attached hydrogen (secondary N) is 1. The Morgan fingerprint density at radius 2 is 2.41 bits per heavy atom. The third-order valence-electron chi connectivity index (χ3n) is 3.73. The molecule has 2 unspecified atom stereocenters. The summed E-state index contributed by atoms with van der Waals surface area (Å²) in [6.45, 7) is 5.76. The molecule has 1 saturated heterocycles. The molecule has 4 heteroatoms. The van der Waals surface area contributed by atoms with Crippen molar-refractivity contribution >= 4 is 11.3 Å². The van der Waals surface area contributed by atoms with Crippen molar-refractivity contribution in [2.75, 3.05) is 26.7 Å². The van der Waals surface area contributed by atoms with Crippen LogP contribution in [0.5, 0.6) is 0 Å². The lowest BCUT2D eigenvalue weighted by Crippen LogP contribution is -2.35. The summed E-state index contributed by atoms with van der Waals surface area (Å²) in [4.78, 5) is 8.33. The van der Waals surface area contributed by atoms with Gasteiger partial charge in [0.2, 0.25) is 0 Å². The number of hydrogen-bond acceptors (Lipinski definition) is 4. The molecule has 1 N–H and O–H groups in total. The van der Waals surface area contributed by atoms with E-state index in [9.17, 15) is 0 Å². The number of aromatic nitrogens is 1. The third-order valence-corrected chi connectivity index (χ3v) is 4.57. The summed E-state index contributed by atoms with van der Waals surface area (Å²) < 4.78 is 0. The second-order valence-electron chi connectivity index (χ2n) is 4.79. The highest BCUT2D eigenvalue weighted by atomic mass is 32.1. The van der Waals surface area contributed by atoms with Gasteiger partial charge in [0.15, 0.2) is 0 Å². The summed E-state index contributed by atoms with van der Waals surface area (Å²) in [5.74, 6) is 0.725. The average molecular weight is 253 g/mol. The number of thiazole rings is 1. The van der Waals surface area contributed by atoms with E-state index in [0.29, 0.717) is 6.04 Å². The molecule has 17 heavy (non-hydrogen) atoms. The molecular formula is C13H23N3S. The van der Waals surface area contributed by atoms with Crippen molar-refractivity contribution in [3.8, 4) is 0 Å². The Morgan fingerprint density at radius 3 is 3.06 bits per heavy atom. The van der Waals surface area contributed by atoms with Crippen LogP contribution in [0.25, 0.3) is 0 Å². The Kier molecular flexibility index (Phi) is 4.95. The van der Waals surface area contributed by atoms with Gasteiger partial charge in [-0.3, -0.25) is 9.88 Å². The predicted molar refractivity (Wildman–Crippen MR) is 73.4 cm³/mol. The predicted octanol–water partition coefficient (Wildman–Crippen LogP) is 2.53. The maximum Gasteiger partial charge on any atom is 0.0794 e. The van der Waals surface area contributed by atoms with E-state index in [4.69, 9.17) is 0 Å². The first-order valence-electron chi connectivity index (χ1n) is 6.63. The van der Waals surface area contributed by atoms with Gasteiger partial charge in [0.25, 0.3) is 0 Å². The number of nitrogens with zero attached hydrogens (tertiary/aromatic N) is 2. The molecule has 2 heterocycles. The Labute approximate surface area is 108 Å². The fourth-order valence-corrected chi connectivity index (χ4v) is 3.78. The van der Waals surface area contributed by atoms with Gasteiger partial charge in [-0.25, -0.2) is 0 Å². The van der Waals surface area contributed by atoms with E-state index < -0.39 is 0 Å². The molecular weight excluding hydrogens is 230 g/mol. The summed E-state index contributed by atoms with van der Waals surface area (Å²) >= 11 is 1.81. The maximum absolute atomic E-state index is 4.26. The molecule has 0 radical (unpaired) electrons. The molecule has 1 aromatic heterocycles. The van der Waals surface area contributed by atoms with Crippen LogP contribution < -0.4 is 5.32 Å². The van der Waals surface area contributed by atoms with Gasteiger partial charge in [-0.15, -0.1) is 11.3 Å². The Hall–Kier alpha value is -0.450. The van der Waals surface area contributed by atoms with Gasteiger partial charge in [0.05, 0.1) is 5.51 Å². The van der Waals surface area contributed by atoms with E-state index in [-0.39, 0.29) is 0 Å². The first-order valence-corrected chi connectivity index (χ1v) is 7.51. The van der Waals surface area contributed by atoms with Crippen LogP contribution in [-0.4, -0.2) is 36.6 Å². The molecule has 0 amide bonds. The zero-order valence-electron chi connectivity index (χ0n) is 10.9.